The van der Waals surface area contributed by atoms with Crippen molar-refractivity contribution in [3.63, 3.8) is 0 Å². The molecule has 2 fully saturated rings. The molecule has 2 nitrogen and oxygen atoms in total. The van der Waals surface area contributed by atoms with Gasteiger partial charge in [0.1, 0.15) is 0 Å². The van der Waals surface area contributed by atoms with Crippen molar-refractivity contribution in [1.82, 2.24) is 5.32 Å². The molecule has 1 aromatic carbocycles. The number of ether oxygens (including phenoxy) is 1. The molecular weight excluding hydrogens is 286 g/mol. The van der Waals surface area contributed by atoms with E-state index in [1.165, 1.54) is 0 Å². The van der Waals surface area contributed by atoms with Crippen LogP contribution in [0.1, 0.15) is 31.2 Å². The zero-order valence-corrected chi connectivity index (χ0v) is 11.5. The number of halogens is 4. The van der Waals surface area contributed by atoms with Crippen molar-refractivity contribution < 1.29 is 22.3 Å². The second-order valence-electron chi connectivity index (χ2n) is 6.06. The van der Waals surface area contributed by atoms with E-state index in [1.54, 1.807) is 0 Å². The van der Waals surface area contributed by atoms with Crippen LogP contribution in [-0.4, -0.2) is 19.2 Å². The van der Waals surface area contributed by atoms with Gasteiger partial charge in [0.05, 0.1) is 11.7 Å². The minimum absolute atomic E-state index is 0.0873. The van der Waals surface area contributed by atoms with Crippen LogP contribution in [-0.2, 0) is 6.18 Å². The number of nitrogens with one attached hydrogen (secondary N) is 1. The second kappa shape index (κ2) is 5.16. The molecule has 1 spiro atoms. The monoisotopic (exact) mass is 303 g/mol. The van der Waals surface area contributed by atoms with Crippen molar-refractivity contribution in [2.45, 2.75) is 38.0 Å². The standard InChI is InChI=1S/C15H17F4NO/c16-12-7-10(15(17,18)19)1-2-13(12)21-11-3-5-14(6-4-11)8-20-9-14/h1-2,7,11,20H,3-6,8-9H2. The lowest BCUT2D eigenvalue weighted by atomic mass is 9.69. The first kappa shape index (κ1) is 14.6. The normalized spacial score (nSPS) is 22.1. The first-order valence-corrected chi connectivity index (χ1v) is 7.12. The molecule has 2 aliphatic rings. The first-order chi connectivity index (χ1) is 9.88. The van der Waals surface area contributed by atoms with Crippen molar-refractivity contribution in [3.05, 3.63) is 29.6 Å². The van der Waals surface area contributed by atoms with Gasteiger partial charge in [-0.1, -0.05) is 0 Å². The van der Waals surface area contributed by atoms with Gasteiger partial charge in [0.2, 0.25) is 0 Å². The fraction of sp³-hybridized carbons (Fsp3) is 0.600. The third kappa shape index (κ3) is 3.00. The summed E-state index contributed by atoms with van der Waals surface area (Å²) in [5, 5.41) is 3.26. The van der Waals surface area contributed by atoms with Gasteiger partial charge < -0.3 is 10.1 Å². The molecule has 0 aromatic heterocycles. The smallest absolute Gasteiger partial charge is 0.416 e. The maximum atomic E-state index is 13.7. The Bertz CT molecular complexity index is 515. The molecule has 0 amide bonds. The molecule has 0 unspecified atom stereocenters. The van der Waals surface area contributed by atoms with Crippen LogP contribution in [0.15, 0.2) is 18.2 Å². The van der Waals surface area contributed by atoms with E-state index in [9.17, 15) is 17.6 Å². The summed E-state index contributed by atoms with van der Waals surface area (Å²) >= 11 is 0. The summed E-state index contributed by atoms with van der Waals surface area (Å²) in [6.45, 7) is 2.04. The lowest BCUT2D eigenvalue weighted by Crippen LogP contribution is -2.55. The average molecular weight is 303 g/mol. The summed E-state index contributed by atoms with van der Waals surface area (Å²) in [5.41, 5.74) is -0.617. The van der Waals surface area contributed by atoms with Gasteiger partial charge in [-0.25, -0.2) is 4.39 Å². The third-order valence-electron chi connectivity index (χ3n) is 4.55. The van der Waals surface area contributed by atoms with E-state index in [-0.39, 0.29) is 11.9 Å². The predicted molar refractivity (Wildman–Crippen MR) is 69.6 cm³/mol. The fourth-order valence-corrected chi connectivity index (χ4v) is 3.11. The Kier molecular flexibility index (Phi) is 3.59. The molecule has 1 saturated heterocycles. The van der Waals surface area contributed by atoms with Gasteiger partial charge in [0.25, 0.3) is 0 Å². The highest BCUT2D eigenvalue weighted by atomic mass is 19.4. The Morgan fingerprint density at radius 3 is 2.29 bits per heavy atom. The molecule has 6 heteroatoms. The Morgan fingerprint density at radius 1 is 1.14 bits per heavy atom. The third-order valence-corrected chi connectivity index (χ3v) is 4.55. The molecule has 0 bridgehead atoms. The summed E-state index contributed by atoms with van der Waals surface area (Å²) in [6.07, 6.45) is -0.958. The van der Waals surface area contributed by atoms with Crippen LogP contribution in [0.3, 0.4) is 0 Å². The number of rotatable bonds is 2. The van der Waals surface area contributed by atoms with E-state index in [0.29, 0.717) is 11.5 Å². The highest BCUT2D eigenvalue weighted by Gasteiger charge is 2.40. The SMILES string of the molecule is Fc1cc(C(F)(F)F)ccc1OC1CCC2(CC1)CNC2. The maximum Gasteiger partial charge on any atom is 0.416 e. The first-order valence-electron chi connectivity index (χ1n) is 7.12. The molecule has 3 rings (SSSR count). The van der Waals surface area contributed by atoms with E-state index in [0.717, 1.165) is 50.9 Å². The Morgan fingerprint density at radius 2 is 1.81 bits per heavy atom. The largest absolute Gasteiger partial charge is 0.487 e. The van der Waals surface area contributed by atoms with Crippen molar-refractivity contribution in [2.75, 3.05) is 13.1 Å². The molecule has 1 aliphatic carbocycles. The van der Waals surface area contributed by atoms with Crippen molar-refractivity contribution in [1.29, 1.82) is 0 Å². The van der Waals surface area contributed by atoms with Crippen molar-refractivity contribution in [3.8, 4) is 5.75 Å². The van der Waals surface area contributed by atoms with Gasteiger partial charge in [0.15, 0.2) is 11.6 Å². The summed E-state index contributed by atoms with van der Waals surface area (Å²) in [7, 11) is 0. The minimum Gasteiger partial charge on any atom is -0.487 e. The van der Waals surface area contributed by atoms with E-state index in [1.807, 2.05) is 0 Å². The number of benzene rings is 1. The lowest BCUT2D eigenvalue weighted by Gasteiger charge is -2.47. The molecule has 116 valence electrons. The highest BCUT2D eigenvalue weighted by molar-refractivity contribution is 5.31. The molecule has 1 aliphatic heterocycles. The Hall–Kier alpha value is -1.30. The molecule has 1 saturated carbocycles. The topological polar surface area (TPSA) is 21.3 Å². The lowest BCUT2D eigenvalue weighted by molar-refractivity contribution is -0.137. The summed E-state index contributed by atoms with van der Waals surface area (Å²) < 4.78 is 56.7. The van der Waals surface area contributed by atoms with Crippen molar-refractivity contribution in [2.24, 2.45) is 5.41 Å². The van der Waals surface area contributed by atoms with Gasteiger partial charge in [-0.05, 0) is 49.3 Å². The van der Waals surface area contributed by atoms with Crippen LogP contribution >= 0.6 is 0 Å². The zero-order chi connectivity index (χ0) is 15.1. The number of alkyl halides is 3. The van der Waals surface area contributed by atoms with Crippen LogP contribution in [0.5, 0.6) is 5.75 Å². The quantitative estimate of drug-likeness (QED) is 0.840. The number of hydrogen-bond acceptors (Lipinski definition) is 2. The van der Waals surface area contributed by atoms with Crippen LogP contribution in [0.2, 0.25) is 0 Å². The predicted octanol–water partition coefficient (Wildman–Crippen LogP) is 3.76. The average Bonchev–Trinajstić information content (AvgIpc) is 2.39. The van der Waals surface area contributed by atoms with Gasteiger partial charge in [-0.15, -0.1) is 0 Å². The van der Waals surface area contributed by atoms with Gasteiger partial charge in [0, 0.05) is 13.1 Å². The van der Waals surface area contributed by atoms with Crippen LogP contribution in [0, 0.1) is 11.2 Å². The summed E-state index contributed by atoms with van der Waals surface area (Å²) in [5.74, 6) is -1.04. The van der Waals surface area contributed by atoms with E-state index in [4.69, 9.17) is 4.74 Å². The van der Waals surface area contributed by atoms with Crippen LogP contribution in [0.25, 0.3) is 0 Å². The second-order valence-corrected chi connectivity index (χ2v) is 6.06. The van der Waals surface area contributed by atoms with Gasteiger partial charge in [-0.2, -0.15) is 13.2 Å². The molecule has 1 N–H and O–H groups in total. The van der Waals surface area contributed by atoms with Crippen molar-refractivity contribution >= 4 is 0 Å². The number of hydrogen-bond donors (Lipinski definition) is 1. The van der Waals surface area contributed by atoms with Crippen LogP contribution in [0.4, 0.5) is 17.6 Å². The van der Waals surface area contributed by atoms with E-state index >= 15 is 0 Å². The molecule has 1 heterocycles. The minimum atomic E-state index is -4.53. The maximum absolute atomic E-state index is 13.7. The highest BCUT2D eigenvalue weighted by Crippen LogP contribution is 2.41. The fourth-order valence-electron chi connectivity index (χ4n) is 3.11. The summed E-state index contributed by atoms with van der Waals surface area (Å²) in [6, 6.07) is 2.43. The Labute approximate surface area is 120 Å². The van der Waals surface area contributed by atoms with E-state index < -0.39 is 17.6 Å². The molecule has 21 heavy (non-hydrogen) atoms. The molecule has 1 aromatic rings. The van der Waals surface area contributed by atoms with Crippen LogP contribution < -0.4 is 10.1 Å². The van der Waals surface area contributed by atoms with Gasteiger partial charge in [-0.3, -0.25) is 0 Å². The Balaban J connectivity index is 1.63. The summed E-state index contributed by atoms with van der Waals surface area (Å²) in [4.78, 5) is 0. The van der Waals surface area contributed by atoms with E-state index in [2.05, 4.69) is 5.32 Å². The molecule has 0 atom stereocenters. The molecule has 0 radical (unpaired) electrons. The van der Waals surface area contributed by atoms with Gasteiger partial charge >= 0.3 is 6.18 Å². The zero-order valence-electron chi connectivity index (χ0n) is 11.5. The molecular formula is C15H17F4NO.